The van der Waals surface area contributed by atoms with E-state index in [0.29, 0.717) is 0 Å². The molecule has 0 bridgehead atoms. The summed E-state index contributed by atoms with van der Waals surface area (Å²) in [5, 5.41) is 7.44. The number of hydrogen-bond acceptors (Lipinski definition) is 2. The molecular weight excluding hydrogens is 405 g/mol. The molecule has 0 aliphatic carbocycles. The lowest BCUT2D eigenvalue weighted by molar-refractivity contribution is 0.683. The summed E-state index contributed by atoms with van der Waals surface area (Å²) in [5.74, 6) is 2.00. The summed E-state index contributed by atoms with van der Waals surface area (Å²) in [4.78, 5) is 4.23. The zero-order chi connectivity index (χ0) is 14.1. The maximum absolute atomic E-state index is 5.89. The molecule has 0 amide bonds. The molecule has 0 spiro atoms. The first kappa shape index (κ1) is 19.9. The number of nitrogens with zero attached hydrogens (tertiary/aromatic N) is 1. The van der Waals surface area contributed by atoms with Crippen molar-refractivity contribution in [2.24, 2.45) is 4.99 Å². The van der Waals surface area contributed by atoms with Gasteiger partial charge in [-0.1, -0.05) is 23.7 Å². The van der Waals surface area contributed by atoms with Gasteiger partial charge in [0.25, 0.3) is 0 Å². The topological polar surface area (TPSA) is 36.4 Å². The van der Waals surface area contributed by atoms with Gasteiger partial charge in [-0.2, -0.15) is 11.8 Å². The summed E-state index contributed by atoms with van der Waals surface area (Å²) in [5.41, 5.74) is 1.19. The Balaban J connectivity index is 0.00000361. The summed E-state index contributed by atoms with van der Waals surface area (Å²) in [6.45, 7) is 3.05. The lowest BCUT2D eigenvalue weighted by Gasteiger charge is -2.18. The Labute approximate surface area is 148 Å². The quantitative estimate of drug-likeness (QED) is 0.312. The number of thioether (sulfide) groups is 1. The Hall–Kier alpha value is -0.140. The molecule has 0 aliphatic heterocycles. The first-order valence-corrected chi connectivity index (χ1v) is 8.16. The molecule has 2 N–H and O–H groups in total. The third-order valence-electron chi connectivity index (χ3n) is 2.76. The Morgan fingerprint density at radius 1 is 1.35 bits per heavy atom. The van der Waals surface area contributed by atoms with E-state index in [1.54, 1.807) is 7.05 Å². The standard InChI is InChI=1S/C14H22ClN3S.HI/c1-11(12-5-7-13(15)8-6-12)18-14(16-2)17-9-4-10-19-3;/h5-8,11H,4,9-10H2,1-3H3,(H2,16,17,18);1H. The van der Waals surface area contributed by atoms with Crippen LogP contribution in [0.15, 0.2) is 29.3 Å². The number of rotatable bonds is 6. The molecule has 1 aromatic rings. The van der Waals surface area contributed by atoms with Crippen molar-refractivity contribution in [2.45, 2.75) is 19.4 Å². The lowest BCUT2D eigenvalue weighted by Crippen LogP contribution is -2.39. The minimum absolute atomic E-state index is 0. The van der Waals surface area contributed by atoms with E-state index in [1.807, 2.05) is 36.0 Å². The molecule has 20 heavy (non-hydrogen) atoms. The molecule has 1 unspecified atom stereocenters. The lowest BCUT2D eigenvalue weighted by atomic mass is 10.1. The van der Waals surface area contributed by atoms with Crippen LogP contribution in [0, 0.1) is 0 Å². The molecule has 0 saturated heterocycles. The van der Waals surface area contributed by atoms with Crippen molar-refractivity contribution < 1.29 is 0 Å². The van der Waals surface area contributed by atoms with Gasteiger partial charge in [0.05, 0.1) is 6.04 Å². The molecule has 0 heterocycles. The van der Waals surface area contributed by atoms with Gasteiger partial charge in [-0.05, 0) is 43.0 Å². The van der Waals surface area contributed by atoms with Gasteiger partial charge >= 0.3 is 0 Å². The van der Waals surface area contributed by atoms with E-state index in [0.717, 1.165) is 29.7 Å². The summed E-state index contributed by atoms with van der Waals surface area (Å²) in [6, 6.07) is 8.07. The summed E-state index contributed by atoms with van der Waals surface area (Å²) in [7, 11) is 1.79. The van der Waals surface area contributed by atoms with E-state index in [4.69, 9.17) is 11.6 Å². The monoisotopic (exact) mass is 427 g/mol. The average molecular weight is 428 g/mol. The second-order valence-corrected chi connectivity index (χ2v) is 5.68. The molecule has 1 atom stereocenters. The van der Waals surface area contributed by atoms with Crippen molar-refractivity contribution in [2.75, 3.05) is 25.6 Å². The second kappa shape index (κ2) is 11.5. The van der Waals surface area contributed by atoms with Gasteiger partial charge in [-0.3, -0.25) is 4.99 Å². The Bertz CT molecular complexity index is 398. The molecule has 3 nitrogen and oxygen atoms in total. The highest BCUT2D eigenvalue weighted by Crippen LogP contribution is 2.15. The number of nitrogens with one attached hydrogen (secondary N) is 2. The zero-order valence-electron chi connectivity index (χ0n) is 12.1. The molecule has 0 aliphatic rings. The van der Waals surface area contributed by atoms with Crippen molar-refractivity contribution >= 4 is 53.3 Å². The number of benzene rings is 1. The SMILES string of the molecule is CN=C(NCCCSC)NC(C)c1ccc(Cl)cc1.I. The van der Waals surface area contributed by atoms with E-state index in [9.17, 15) is 0 Å². The van der Waals surface area contributed by atoms with Crippen molar-refractivity contribution in [3.05, 3.63) is 34.9 Å². The molecule has 0 radical (unpaired) electrons. The van der Waals surface area contributed by atoms with Crippen molar-refractivity contribution in [1.29, 1.82) is 0 Å². The molecule has 0 fully saturated rings. The normalized spacial score (nSPS) is 12.5. The maximum Gasteiger partial charge on any atom is 0.191 e. The number of guanidine groups is 1. The van der Waals surface area contributed by atoms with E-state index < -0.39 is 0 Å². The number of hydrogen-bond donors (Lipinski definition) is 2. The maximum atomic E-state index is 5.89. The first-order chi connectivity index (χ1) is 9.17. The third-order valence-corrected chi connectivity index (χ3v) is 3.71. The van der Waals surface area contributed by atoms with Gasteiger partial charge in [-0.15, -0.1) is 24.0 Å². The van der Waals surface area contributed by atoms with Gasteiger partial charge in [0.1, 0.15) is 0 Å². The minimum atomic E-state index is 0. The van der Waals surface area contributed by atoms with Crippen LogP contribution in [0.1, 0.15) is 24.9 Å². The summed E-state index contributed by atoms with van der Waals surface area (Å²) >= 11 is 7.75. The van der Waals surface area contributed by atoms with Crippen LogP contribution in [0.3, 0.4) is 0 Å². The highest BCUT2D eigenvalue weighted by molar-refractivity contribution is 14.0. The molecule has 1 rings (SSSR count). The highest BCUT2D eigenvalue weighted by atomic mass is 127. The van der Waals surface area contributed by atoms with Crippen LogP contribution in [0.4, 0.5) is 0 Å². The number of halogens is 2. The van der Waals surface area contributed by atoms with Crippen molar-refractivity contribution in [3.63, 3.8) is 0 Å². The van der Waals surface area contributed by atoms with Crippen LogP contribution in [0.25, 0.3) is 0 Å². The average Bonchev–Trinajstić information content (AvgIpc) is 2.42. The van der Waals surface area contributed by atoms with Gasteiger partial charge in [0.2, 0.25) is 0 Å². The molecular formula is C14H23ClIN3S. The van der Waals surface area contributed by atoms with Crippen LogP contribution < -0.4 is 10.6 Å². The fourth-order valence-corrected chi connectivity index (χ4v) is 2.22. The molecule has 0 aromatic heterocycles. The van der Waals surface area contributed by atoms with Gasteiger partial charge in [0, 0.05) is 18.6 Å². The van der Waals surface area contributed by atoms with E-state index in [-0.39, 0.29) is 30.0 Å². The van der Waals surface area contributed by atoms with Gasteiger partial charge < -0.3 is 10.6 Å². The second-order valence-electron chi connectivity index (χ2n) is 4.26. The third kappa shape index (κ3) is 7.59. The van der Waals surface area contributed by atoms with Crippen LogP contribution in [-0.2, 0) is 0 Å². The fraction of sp³-hybridized carbons (Fsp3) is 0.500. The van der Waals surface area contributed by atoms with E-state index in [1.165, 1.54) is 5.56 Å². The fourth-order valence-electron chi connectivity index (χ4n) is 1.66. The highest BCUT2D eigenvalue weighted by Gasteiger charge is 2.07. The largest absolute Gasteiger partial charge is 0.356 e. The van der Waals surface area contributed by atoms with Crippen molar-refractivity contribution in [1.82, 2.24) is 10.6 Å². The molecule has 114 valence electrons. The summed E-state index contributed by atoms with van der Waals surface area (Å²) < 4.78 is 0. The van der Waals surface area contributed by atoms with Crippen molar-refractivity contribution in [3.8, 4) is 0 Å². The van der Waals surface area contributed by atoms with Crippen LogP contribution in [0.2, 0.25) is 5.02 Å². The number of aliphatic imine (C=N–C) groups is 1. The molecule has 1 aromatic carbocycles. The van der Waals surface area contributed by atoms with Gasteiger partial charge in [-0.25, -0.2) is 0 Å². The smallest absolute Gasteiger partial charge is 0.191 e. The molecule has 6 heteroatoms. The molecule has 0 saturated carbocycles. The van der Waals surface area contributed by atoms with Crippen LogP contribution >= 0.6 is 47.3 Å². The first-order valence-electron chi connectivity index (χ1n) is 6.39. The predicted octanol–water partition coefficient (Wildman–Crippen LogP) is 3.94. The summed E-state index contributed by atoms with van der Waals surface area (Å²) in [6.07, 6.45) is 3.26. The van der Waals surface area contributed by atoms with Crippen LogP contribution in [0.5, 0.6) is 0 Å². The Kier molecular flexibility index (Phi) is 11.4. The predicted molar refractivity (Wildman–Crippen MR) is 103 cm³/mol. The zero-order valence-corrected chi connectivity index (χ0v) is 16.1. The Morgan fingerprint density at radius 3 is 2.55 bits per heavy atom. The van der Waals surface area contributed by atoms with E-state index in [2.05, 4.69) is 28.8 Å². The van der Waals surface area contributed by atoms with Gasteiger partial charge in [0.15, 0.2) is 5.96 Å². The van der Waals surface area contributed by atoms with E-state index >= 15 is 0 Å². The van der Waals surface area contributed by atoms with Crippen LogP contribution in [-0.4, -0.2) is 31.6 Å². The minimum Gasteiger partial charge on any atom is -0.356 e. The Morgan fingerprint density at radius 2 is 2.00 bits per heavy atom.